The number of thioether (sulfide) groups is 1. The summed E-state index contributed by atoms with van der Waals surface area (Å²) in [6, 6.07) is 16.0. The maximum Gasteiger partial charge on any atom is 0.267 e. The number of aryl methyl sites for hydroxylation is 2. The van der Waals surface area contributed by atoms with E-state index in [1.54, 1.807) is 0 Å². The molecular formula is C22H23NO2S. The van der Waals surface area contributed by atoms with Crippen LogP contribution in [0.4, 0.5) is 0 Å². The number of carbonyl (C=O) groups is 2. The van der Waals surface area contributed by atoms with Gasteiger partial charge in [0.25, 0.3) is 11.8 Å². The van der Waals surface area contributed by atoms with Gasteiger partial charge in [-0.05, 0) is 42.7 Å². The van der Waals surface area contributed by atoms with Gasteiger partial charge >= 0.3 is 0 Å². The number of amides is 2. The summed E-state index contributed by atoms with van der Waals surface area (Å²) in [4.78, 5) is 28.0. The molecule has 0 N–H and O–H groups in total. The molecule has 0 radical (unpaired) electrons. The number of hydrogen-bond acceptors (Lipinski definition) is 3. The molecule has 3 nitrogen and oxygen atoms in total. The van der Waals surface area contributed by atoms with E-state index in [1.807, 2.05) is 63.2 Å². The minimum absolute atomic E-state index is 0.159. The molecule has 2 aromatic carbocycles. The number of imide groups is 1. The van der Waals surface area contributed by atoms with Crippen molar-refractivity contribution in [1.29, 1.82) is 0 Å². The monoisotopic (exact) mass is 365 g/mol. The summed E-state index contributed by atoms with van der Waals surface area (Å²) in [5, 5.41) is 0. The maximum absolute atomic E-state index is 13.1. The molecular weight excluding hydrogens is 342 g/mol. The Hall–Kier alpha value is -2.33. The van der Waals surface area contributed by atoms with E-state index in [0.29, 0.717) is 23.4 Å². The van der Waals surface area contributed by atoms with Gasteiger partial charge in [-0.3, -0.25) is 14.5 Å². The van der Waals surface area contributed by atoms with E-state index in [0.717, 1.165) is 28.0 Å². The van der Waals surface area contributed by atoms with Crippen LogP contribution in [0.1, 0.15) is 29.2 Å². The van der Waals surface area contributed by atoms with Crippen molar-refractivity contribution in [1.82, 2.24) is 4.90 Å². The third-order valence-corrected chi connectivity index (χ3v) is 5.49. The van der Waals surface area contributed by atoms with Crippen molar-refractivity contribution in [2.24, 2.45) is 0 Å². The van der Waals surface area contributed by atoms with E-state index in [-0.39, 0.29) is 11.8 Å². The first-order valence-corrected chi connectivity index (χ1v) is 9.86. The van der Waals surface area contributed by atoms with Gasteiger partial charge in [-0.1, -0.05) is 61.0 Å². The number of nitrogens with zero attached hydrogens (tertiary/aromatic N) is 1. The number of carbonyl (C=O) groups excluding carboxylic acids is 2. The zero-order chi connectivity index (χ0) is 18.7. The van der Waals surface area contributed by atoms with E-state index in [2.05, 4.69) is 6.07 Å². The highest BCUT2D eigenvalue weighted by Gasteiger charge is 2.39. The Kier molecular flexibility index (Phi) is 5.62. The minimum Gasteiger partial charge on any atom is -0.274 e. The molecule has 0 spiro atoms. The third-order valence-electron chi connectivity index (χ3n) is 4.53. The van der Waals surface area contributed by atoms with Crippen molar-refractivity contribution in [2.45, 2.75) is 27.2 Å². The number of rotatable bonds is 6. The van der Waals surface area contributed by atoms with Gasteiger partial charge in [0.05, 0.1) is 10.5 Å². The molecule has 0 saturated heterocycles. The van der Waals surface area contributed by atoms with Gasteiger partial charge in [-0.2, -0.15) is 0 Å². The van der Waals surface area contributed by atoms with E-state index in [9.17, 15) is 9.59 Å². The largest absolute Gasteiger partial charge is 0.274 e. The molecule has 26 heavy (non-hydrogen) atoms. The molecule has 1 heterocycles. The Morgan fingerprint density at radius 1 is 0.962 bits per heavy atom. The lowest BCUT2D eigenvalue weighted by Crippen LogP contribution is -2.33. The molecule has 2 amide bonds. The van der Waals surface area contributed by atoms with Crippen LogP contribution in [-0.2, 0) is 16.0 Å². The smallest absolute Gasteiger partial charge is 0.267 e. The number of benzene rings is 2. The quantitative estimate of drug-likeness (QED) is 0.713. The van der Waals surface area contributed by atoms with Crippen molar-refractivity contribution in [3.05, 3.63) is 75.7 Å². The van der Waals surface area contributed by atoms with E-state index < -0.39 is 0 Å². The first kappa shape index (κ1) is 18.5. The second kappa shape index (κ2) is 7.92. The average molecular weight is 365 g/mol. The lowest BCUT2D eigenvalue weighted by atomic mass is 9.99. The first-order valence-electron chi connectivity index (χ1n) is 8.87. The lowest BCUT2D eigenvalue weighted by Gasteiger charge is -2.15. The highest BCUT2D eigenvalue weighted by Crippen LogP contribution is 2.37. The van der Waals surface area contributed by atoms with Crippen LogP contribution in [0.5, 0.6) is 0 Å². The van der Waals surface area contributed by atoms with Gasteiger partial charge in [0.2, 0.25) is 0 Å². The van der Waals surface area contributed by atoms with E-state index in [4.69, 9.17) is 0 Å². The average Bonchev–Trinajstić information content (AvgIpc) is 2.85. The maximum atomic E-state index is 13.1. The van der Waals surface area contributed by atoms with Crippen LogP contribution in [-0.4, -0.2) is 29.0 Å². The Balaban J connectivity index is 1.91. The summed E-state index contributed by atoms with van der Waals surface area (Å²) in [7, 11) is 0. The lowest BCUT2D eigenvalue weighted by molar-refractivity contribution is -0.136. The fourth-order valence-electron chi connectivity index (χ4n) is 3.25. The molecule has 4 heteroatoms. The summed E-state index contributed by atoms with van der Waals surface area (Å²) >= 11 is 1.46. The zero-order valence-corrected chi connectivity index (χ0v) is 16.2. The fraction of sp³-hybridized carbons (Fsp3) is 0.273. The first-order chi connectivity index (χ1) is 12.5. The van der Waals surface area contributed by atoms with Crippen molar-refractivity contribution >= 4 is 29.1 Å². The van der Waals surface area contributed by atoms with Crippen LogP contribution in [0.25, 0.3) is 5.57 Å². The summed E-state index contributed by atoms with van der Waals surface area (Å²) in [6.45, 7) is 6.43. The van der Waals surface area contributed by atoms with Crippen molar-refractivity contribution < 1.29 is 9.59 Å². The molecule has 2 aromatic rings. The predicted molar refractivity (Wildman–Crippen MR) is 108 cm³/mol. The van der Waals surface area contributed by atoms with Gasteiger partial charge < -0.3 is 0 Å². The Bertz CT molecular complexity index is 871. The van der Waals surface area contributed by atoms with Crippen LogP contribution in [0, 0.1) is 13.8 Å². The zero-order valence-electron chi connectivity index (χ0n) is 15.4. The van der Waals surface area contributed by atoms with Crippen LogP contribution in [0.2, 0.25) is 0 Å². The summed E-state index contributed by atoms with van der Waals surface area (Å²) in [5.41, 5.74) is 4.73. The Labute approximate surface area is 159 Å². The molecule has 0 aromatic heterocycles. The summed E-state index contributed by atoms with van der Waals surface area (Å²) < 4.78 is 0. The SMILES string of the molecule is CCSC1=C(c2ccc(C)cc2C)C(=O)N(CCc2ccccc2)C1=O. The highest BCUT2D eigenvalue weighted by molar-refractivity contribution is 8.04. The van der Waals surface area contributed by atoms with E-state index in [1.165, 1.54) is 16.7 Å². The molecule has 0 atom stereocenters. The summed E-state index contributed by atoms with van der Waals surface area (Å²) in [5.74, 6) is 0.427. The normalized spacial score (nSPS) is 14.5. The molecule has 0 saturated carbocycles. The molecule has 0 fully saturated rings. The van der Waals surface area contributed by atoms with Crippen molar-refractivity contribution in [3.8, 4) is 0 Å². The molecule has 0 aliphatic carbocycles. The second-order valence-electron chi connectivity index (χ2n) is 6.45. The summed E-state index contributed by atoms with van der Waals surface area (Å²) in [6.07, 6.45) is 0.669. The van der Waals surface area contributed by atoms with Gasteiger partial charge in [0.1, 0.15) is 0 Å². The second-order valence-corrected chi connectivity index (χ2v) is 7.73. The molecule has 1 aliphatic heterocycles. The van der Waals surface area contributed by atoms with Gasteiger partial charge in [-0.25, -0.2) is 0 Å². The molecule has 3 rings (SSSR count). The highest BCUT2D eigenvalue weighted by atomic mass is 32.2. The van der Waals surface area contributed by atoms with Crippen LogP contribution in [0.15, 0.2) is 53.4 Å². The topological polar surface area (TPSA) is 37.4 Å². The molecule has 134 valence electrons. The fourth-order valence-corrected chi connectivity index (χ4v) is 4.12. The van der Waals surface area contributed by atoms with Crippen LogP contribution >= 0.6 is 11.8 Å². The minimum atomic E-state index is -0.172. The molecule has 0 bridgehead atoms. The Morgan fingerprint density at radius 2 is 1.69 bits per heavy atom. The van der Waals surface area contributed by atoms with Crippen molar-refractivity contribution in [2.75, 3.05) is 12.3 Å². The van der Waals surface area contributed by atoms with Gasteiger partial charge in [0, 0.05) is 6.54 Å². The molecule has 1 aliphatic rings. The van der Waals surface area contributed by atoms with Crippen molar-refractivity contribution in [3.63, 3.8) is 0 Å². The Morgan fingerprint density at radius 3 is 2.35 bits per heavy atom. The molecule has 0 unspecified atom stereocenters. The van der Waals surface area contributed by atoms with Crippen LogP contribution in [0.3, 0.4) is 0 Å². The number of hydrogen-bond donors (Lipinski definition) is 0. The van der Waals surface area contributed by atoms with Gasteiger partial charge in [0.15, 0.2) is 0 Å². The standard InChI is InChI=1S/C22H23NO2S/c1-4-26-20-19(18-11-10-15(2)14-16(18)3)21(24)23(22(20)25)13-12-17-8-6-5-7-9-17/h5-11,14H,4,12-13H2,1-3H3. The van der Waals surface area contributed by atoms with Crippen LogP contribution < -0.4 is 0 Å². The third kappa shape index (κ3) is 3.61. The van der Waals surface area contributed by atoms with E-state index >= 15 is 0 Å². The predicted octanol–water partition coefficient (Wildman–Crippen LogP) is 4.38. The van der Waals surface area contributed by atoms with Gasteiger partial charge in [-0.15, -0.1) is 11.8 Å².